The van der Waals surface area contributed by atoms with Crippen molar-refractivity contribution in [2.45, 2.75) is 10.6 Å². The number of sulfonamides is 1. The van der Waals surface area contributed by atoms with Crippen molar-refractivity contribution in [1.29, 1.82) is 0 Å². The first-order chi connectivity index (χ1) is 10.0. The molecule has 1 aliphatic rings. The second-order valence-electron chi connectivity index (χ2n) is 4.41. The molecule has 7 heteroatoms. The molecule has 0 saturated carbocycles. The molecule has 0 saturated heterocycles. The van der Waals surface area contributed by atoms with Gasteiger partial charge in [0.2, 0.25) is 0 Å². The monoisotopic (exact) mass is 338 g/mol. The Hall–Kier alpha value is -1.50. The van der Waals surface area contributed by atoms with E-state index in [1.54, 1.807) is 12.1 Å². The number of amidine groups is 1. The number of halogens is 1. The van der Waals surface area contributed by atoms with Crippen molar-refractivity contribution in [3.05, 3.63) is 59.1 Å². The maximum atomic E-state index is 12.1. The second kappa shape index (κ2) is 5.71. The Morgan fingerprint density at radius 3 is 2.67 bits per heavy atom. The summed E-state index contributed by atoms with van der Waals surface area (Å²) in [6.07, 6.45) is 0. The normalized spacial score (nSPS) is 15.8. The molecular weight excluding hydrogens is 328 g/mol. The molecule has 0 atom stereocenters. The van der Waals surface area contributed by atoms with Crippen molar-refractivity contribution in [2.24, 2.45) is 4.40 Å². The zero-order valence-corrected chi connectivity index (χ0v) is 13.2. The molecule has 108 valence electrons. The molecule has 1 aliphatic heterocycles. The second-order valence-corrected chi connectivity index (χ2v) is 7.38. The first kappa shape index (κ1) is 14.4. The molecule has 2 aromatic carbocycles. The van der Waals surface area contributed by atoms with Gasteiger partial charge < -0.3 is 5.32 Å². The molecule has 21 heavy (non-hydrogen) atoms. The van der Waals surface area contributed by atoms with E-state index >= 15 is 0 Å². The van der Waals surface area contributed by atoms with Gasteiger partial charge in [-0.3, -0.25) is 0 Å². The number of hydrogen-bond donors (Lipinski definition) is 1. The molecule has 3 rings (SSSR count). The number of hydrogen-bond acceptors (Lipinski definition) is 4. The summed E-state index contributed by atoms with van der Waals surface area (Å²) >= 11 is 7.18. The van der Waals surface area contributed by atoms with Crippen LogP contribution in [0, 0.1) is 0 Å². The average molecular weight is 339 g/mol. The quantitative estimate of drug-likeness (QED) is 0.906. The van der Waals surface area contributed by atoms with Gasteiger partial charge in [-0.05, 0) is 23.8 Å². The Morgan fingerprint density at radius 1 is 1.14 bits per heavy atom. The van der Waals surface area contributed by atoms with E-state index < -0.39 is 10.0 Å². The highest BCUT2D eigenvalue weighted by Gasteiger charge is 2.25. The van der Waals surface area contributed by atoms with Gasteiger partial charge in [-0.25, -0.2) is 0 Å². The lowest BCUT2D eigenvalue weighted by molar-refractivity contribution is 0.598. The van der Waals surface area contributed by atoms with Crippen LogP contribution >= 0.6 is 23.4 Å². The molecule has 0 aromatic heterocycles. The molecule has 0 bridgehead atoms. The lowest BCUT2D eigenvalue weighted by Crippen LogP contribution is -2.18. The summed E-state index contributed by atoms with van der Waals surface area (Å²) in [5.41, 5.74) is 1.61. The smallest absolute Gasteiger partial charge is 0.286 e. The van der Waals surface area contributed by atoms with Crippen molar-refractivity contribution in [2.75, 3.05) is 5.32 Å². The first-order valence-electron chi connectivity index (χ1n) is 6.13. The van der Waals surface area contributed by atoms with Gasteiger partial charge in [0.1, 0.15) is 4.90 Å². The molecule has 0 fully saturated rings. The number of nitrogens with zero attached hydrogens (tertiary/aromatic N) is 1. The Labute approximate surface area is 132 Å². The van der Waals surface area contributed by atoms with Crippen LogP contribution in [-0.4, -0.2) is 13.6 Å². The number of thioether (sulfide) groups is 1. The van der Waals surface area contributed by atoms with Crippen LogP contribution in [0.4, 0.5) is 5.69 Å². The van der Waals surface area contributed by atoms with Gasteiger partial charge in [0.25, 0.3) is 10.0 Å². The highest BCUT2D eigenvalue weighted by molar-refractivity contribution is 8.14. The third-order valence-electron chi connectivity index (χ3n) is 2.88. The van der Waals surface area contributed by atoms with Gasteiger partial charge in [-0.2, -0.15) is 8.42 Å². The molecule has 1 heterocycles. The van der Waals surface area contributed by atoms with Crippen LogP contribution in [0.2, 0.25) is 5.02 Å². The fourth-order valence-corrected chi connectivity index (χ4v) is 4.35. The molecule has 0 unspecified atom stereocenters. The number of rotatable bonds is 2. The fourth-order valence-electron chi connectivity index (χ4n) is 1.90. The summed E-state index contributed by atoms with van der Waals surface area (Å²) in [5.74, 6) is 0.644. The number of nitrogens with one attached hydrogen (secondary N) is 1. The van der Waals surface area contributed by atoms with Gasteiger partial charge in [-0.1, -0.05) is 53.7 Å². The van der Waals surface area contributed by atoms with Crippen LogP contribution in [0.5, 0.6) is 0 Å². The highest BCUT2D eigenvalue weighted by Crippen LogP contribution is 2.32. The van der Waals surface area contributed by atoms with Crippen LogP contribution in [0.15, 0.2) is 57.8 Å². The van der Waals surface area contributed by atoms with Crippen molar-refractivity contribution in [1.82, 2.24) is 0 Å². The average Bonchev–Trinajstić information content (AvgIpc) is 2.47. The molecule has 0 amide bonds. The molecule has 0 spiro atoms. The van der Waals surface area contributed by atoms with Crippen molar-refractivity contribution >= 4 is 44.2 Å². The summed E-state index contributed by atoms with van der Waals surface area (Å²) in [5, 5.41) is 3.76. The van der Waals surface area contributed by atoms with Gasteiger partial charge in [0.05, 0.1) is 5.69 Å². The van der Waals surface area contributed by atoms with Crippen molar-refractivity contribution in [3.63, 3.8) is 0 Å². The van der Waals surface area contributed by atoms with Gasteiger partial charge in [0.15, 0.2) is 5.17 Å². The standard InChI is InChI=1S/C14H11ClN2O2S2/c15-11-6-7-12-13(8-11)21(18,19)17-14(16-12)20-9-10-4-2-1-3-5-10/h1-8H,9H2,(H,16,17). The number of fused-ring (bicyclic) bond motifs is 1. The zero-order chi connectivity index (χ0) is 14.9. The summed E-state index contributed by atoms with van der Waals surface area (Å²) in [6.45, 7) is 0. The Kier molecular flexibility index (Phi) is 3.93. The van der Waals surface area contributed by atoms with E-state index in [4.69, 9.17) is 11.6 Å². The van der Waals surface area contributed by atoms with Crippen LogP contribution in [0.1, 0.15) is 5.56 Å². The van der Waals surface area contributed by atoms with E-state index in [-0.39, 0.29) is 4.90 Å². The molecule has 0 radical (unpaired) electrons. The molecule has 1 N–H and O–H groups in total. The first-order valence-corrected chi connectivity index (χ1v) is 8.93. The van der Waals surface area contributed by atoms with E-state index in [1.165, 1.54) is 17.8 Å². The van der Waals surface area contributed by atoms with Crippen LogP contribution in [-0.2, 0) is 15.8 Å². The largest absolute Gasteiger partial charge is 0.333 e. The SMILES string of the molecule is O=S1(=O)N=C(SCc2ccccc2)Nc2ccc(Cl)cc21. The minimum absolute atomic E-state index is 0.110. The molecular formula is C14H11ClN2O2S2. The van der Waals surface area contributed by atoms with Gasteiger partial charge in [-0.15, -0.1) is 4.40 Å². The predicted octanol–water partition coefficient (Wildman–Crippen LogP) is 3.74. The predicted molar refractivity (Wildman–Crippen MR) is 87.4 cm³/mol. The summed E-state index contributed by atoms with van der Waals surface area (Å²) in [4.78, 5) is 0.110. The number of benzene rings is 2. The van der Waals surface area contributed by atoms with E-state index in [0.717, 1.165) is 5.56 Å². The number of anilines is 1. The Bertz CT molecular complexity index is 805. The summed E-state index contributed by atoms with van der Waals surface area (Å²) in [7, 11) is -3.70. The van der Waals surface area contributed by atoms with Crippen LogP contribution in [0.3, 0.4) is 0 Å². The summed E-state index contributed by atoms with van der Waals surface area (Å²) in [6, 6.07) is 14.5. The van der Waals surface area contributed by atoms with E-state index in [0.29, 0.717) is 21.6 Å². The van der Waals surface area contributed by atoms with Crippen LogP contribution < -0.4 is 5.32 Å². The lowest BCUT2D eigenvalue weighted by Gasteiger charge is -2.17. The maximum absolute atomic E-state index is 12.1. The third kappa shape index (κ3) is 3.23. The topological polar surface area (TPSA) is 58.5 Å². The zero-order valence-electron chi connectivity index (χ0n) is 10.8. The van der Waals surface area contributed by atoms with Gasteiger partial charge >= 0.3 is 0 Å². The summed E-state index contributed by atoms with van der Waals surface area (Å²) < 4.78 is 28.1. The molecule has 4 nitrogen and oxygen atoms in total. The fraction of sp³-hybridized carbons (Fsp3) is 0.0714. The maximum Gasteiger partial charge on any atom is 0.286 e. The Morgan fingerprint density at radius 2 is 1.90 bits per heavy atom. The van der Waals surface area contributed by atoms with E-state index in [1.807, 2.05) is 30.3 Å². The Balaban J connectivity index is 1.83. The van der Waals surface area contributed by atoms with Crippen molar-refractivity contribution in [3.8, 4) is 0 Å². The molecule has 2 aromatic rings. The van der Waals surface area contributed by atoms with Gasteiger partial charge in [0, 0.05) is 10.8 Å². The lowest BCUT2D eigenvalue weighted by atomic mass is 10.2. The molecule has 0 aliphatic carbocycles. The highest BCUT2D eigenvalue weighted by atomic mass is 35.5. The minimum Gasteiger partial charge on any atom is -0.333 e. The van der Waals surface area contributed by atoms with Crippen molar-refractivity contribution < 1.29 is 8.42 Å². The third-order valence-corrected chi connectivity index (χ3v) is 5.50. The minimum atomic E-state index is -3.70. The van der Waals surface area contributed by atoms with E-state index in [9.17, 15) is 8.42 Å². The van der Waals surface area contributed by atoms with E-state index in [2.05, 4.69) is 9.71 Å². The van der Waals surface area contributed by atoms with Crippen LogP contribution in [0.25, 0.3) is 0 Å².